The van der Waals surface area contributed by atoms with E-state index in [-0.39, 0.29) is 0 Å². The van der Waals surface area contributed by atoms with Gasteiger partial charge in [-0.25, -0.2) is 13.1 Å². The van der Waals surface area contributed by atoms with Gasteiger partial charge in [0.2, 0.25) is 10.0 Å². The van der Waals surface area contributed by atoms with Gasteiger partial charge in [0.05, 0.1) is 4.90 Å². The zero-order chi connectivity index (χ0) is 15.0. The van der Waals surface area contributed by atoms with Crippen molar-refractivity contribution >= 4 is 10.0 Å². The minimum Gasteiger partial charge on any atom is -0.310 e. The number of hydrogen-bond donors (Lipinski definition) is 2. The summed E-state index contributed by atoms with van der Waals surface area (Å²) in [5, 5.41) is 3.29. The van der Waals surface area contributed by atoms with Crippen LogP contribution < -0.4 is 10.0 Å². The van der Waals surface area contributed by atoms with E-state index in [4.69, 9.17) is 0 Å². The summed E-state index contributed by atoms with van der Waals surface area (Å²) >= 11 is 0. The van der Waals surface area contributed by atoms with Crippen LogP contribution in [-0.2, 0) is 16.6 Å². The molecule has 0 atom stereocenters. The quantitative estimate of drug-likeness (QED) is 0.689. The highest BCUT2D eigenvalue weighted by atomic mass is 32.2. The summed E-state index contributed by atoms with van der Waals surface area (Å²) < 4.78 is 27.0. The molecular weight excluding hydrogens is 272 g/mol. The monoisotopic (exact) mass is 298 g/mol. The van der Waals surface area contributed by atoms with Gasteiger partial charge in [-0.2, -0.15) is 0 Å². The van der Waals surface area contributed by atoms with Gasteiger partial charge in [-0.15, -0.1) is 0 Å². The second-order valence-corrected chi connectivity index (χ2v) is 7.05. The van der Waals surface area contributed by atoms with Crippen molar-refractivity contribution in [2.24, 2.45) is 0 Å². The van der Waals surface area contributed by atoms with E-state index in [9.17, 15) is 8.42 Å². The maximum Gasteiger partial charge on any atom is 0.240 e. The zero-order valence-corrected chi connectivity index (χ0v) is 13.5. The average Bonchev–Trinajstić information content (AvgIpc) is 2.42. The Kier molecular flexibility index (Phi) is 7.19. The van der Waals surface area contributed by atoms with E-state index in [0.29, 0.717) is 24.0 Å². The van der Waals surface area contributed by atoms with Crippen LogP contribution in [0.25, 0.3) is 0 Å². The van der Waals surface area contributed by atoms with Crippen molar-refractivity contribution in [1.29, 1.82) is 0 Å². The molecule has 1 rings (SSSR count). The Balaban J connectivity index is 2.67. The van der Waals surface area contributed by atoms with Gasteiger partial charge in [0.1, 0.15) is 0 Å². The second kappa shape index (κ2) is 8.39. The number of sulfonamides is 1. The van der Waals surface area contributed by atoms with Crippen molar-refractivity contribution in [3.63, 3.8) is 0 Å². The van der Waals surface area contributed by atoms with E-state index in [2.05, 4.69) is 30.8 Å². The molecule has 2 N–H and O–H groups in total. The number of unbranched alkanes of at least 4 members (excludes halogenated alkanes) is 2. The summed E-state index contributed by atoms with van der Waals surface area (Å²) in [6.45, 7) is 7.41. The molecule has 0 amide bonds. The van der Waals surface area contributed by atoms with Crippen molar-refractivity contribution in [1.82, 2.24) is 10.0 Å². The lowest BCUT2D eigenvalue weighted by Gasteiger charge is -2.10. The minimum absolute atomic E-state index is 0.344. The topological polar surface area (TPSA) is 58.2 Å². The smallest absolute Gasteiger partial charge is 0.240 e. The summed E-state index contributed by atoms with van der Waals surface area (Å²) in [4.78, 5) is 0.344. The zero-order valence-electron chi connectivity index (χ0n) is 12.6. The Morgan fingerprint density at radius 2 is 1.95 bits per heavy atom. The molecule has 0 spiro atoms. The highest BCUT2D eigenvalue weighted by molar-refractivity contribution is 7.89. The first-order valence-corrected chi connectivity index (χ1v) is 8.76. The summed E-state index contributed by atoms with van der Waals surface area (Å²) in [6.07, 6.45) is 3.00. The molecule has 0 saturated heterocycles. The Labute approximate surface area is 123 Å². The standard InChI is InChI=1S/C15H26N2O2S/c1-4-5-6-10-17-20(18,19)15-9-7-8-14(11-15)12-16-13(2)3/h7-9,11,13,16-17H,4-6,10,12H2,1-3H3. The maximum atomic E-state index is 12.2. The highest BCUT2D eigenvalue weighted by Gasteiger charge is 2.13. The molecular formula is C15H26N2O2S. The first kappa shape index (κ1) is 17.1. The normalized spacial score (nSPS) is 12.0. The summed E-state index contributed by atoms with van der Waals surface area (Å²) in [7, 11) is -3.38. The maximum absolute atomic E-state index is 12.2. The molecule has 0 aromatic heterocycles. The van der Waals surface area contributed by atoms with Crippen molar-refractivity contribution in [3.05, 3.63) is 29.8 Å². The van der Waals surface area contributed by atoms with Crippen LogP contribution in [0, 0.1) is 0 Å². The lowest BCUT2D eigenvalue weighted by atomic mass is 10.2. The van der Waals surface area contributed by atoms with Gasteiger partial charge in [-0.1, -0.05) is 45.7 Å². The van der Waals surface area contributed by atoms with Crippen LogP contribution in [0.2, 0.25) is 0 Å². The molecule has 0 aliphatic rings. The molecule has 0 saturated carbocycles. The number of rotatable bonds is 9. The fourth-order valence-corrected chi connectivity index (χ4v) is 2.95. The van der Waals surface area contributed by atoms with Crippen LogP contribution in [0.3, 0.4) is 0 Å². The van der Waals surface area contributed by atoms with E-state index in [0.717, 1.165) is 24.8 Å². The lowest BCUT2D eigenvalue weighted by molar-refractivity contribution is 0.574. The van der Waals surface area contributed by atoms with Crippen molar-refractivity contribution in [2.75, 3.05) is 6.54 Å². The van der Waals surface area contributed by atoms with Crippen molar-refractivity contribution < 1.29 is 8.42 Å². The Bertz CT molecular complexity index is 498. The Morgan fingerprint density at radius 3 is 2.60 bits per heavy atom. The number of hydrogen-bond acceptors (Lipinski definition) is 3. The van der Waals surface area contributed by atoms with Gasteiger partial charge < -0.3 is 5.32 Å². The predicted octanol–water partition coefficient (Wildman–Crippen LogP) is 2.65. The molecule has 0 unspecified atom stereocenters. The van der Waals surface area contributed by atoms with Crippen LogP contribution in [0.5, 0.6) is 0 Å². The molecule has 0 heterocycles. The summed E-state index contributed by atoms with van der Waals surface area (Å²) in [6, 6.07) is 7.48. The van der Waals surface area contributed by atoms with E-state index in [1.54, 1.807) is 18.2 Å². The molecule has 1 aromatic rings. The Hall–Kier alpha value is -0.910. The molecule has 114 valence electrons. The summed E-state index contributed by atoms with van der Waals surface area (Å²) in [5.41, 5.74) is 0.982. The van der Waals surface area contributed by atoms with Crippen molar-refractivity contribution in [3.8, 4) is 0 Å². The van der Waals surface area contributed by atoms with Gasteiger partial charge in [0.15, 0.2) is 0 Å². The first-order chi connectivity index (χ1) is 9.45. The predicted molar refractivity (Wildman–Crippen MR) is 83.1 cm³/mol. The molecule has 20 heavy (non-hydrogen) atoms. The highest BCUT2D eigenvalue weighted by Crippen LogP contribution is 2.11. The molecule has 0 bridgehead atoms. The third kappa shape index (κ3) is 6.03. The second-order valence-electron chi connectivity index (χ2n) is 5.29. The fourth-order valence-electron chi connectivity index (χ4n) is 1.81. The molecule has 4 nitrogen and oxygen atoms in total. The fraction of sp³-hybridized carbons (Fsp3) is 0.600. The van der Waals surface area contributed by atoms with Crippen LogP contribution in [0.1, 0.15) is 45.6 Å². The molecule has 1 aromatic carbocycles. The third-order valence-corrected chi connectivity index (χ3v) is 4.45. The average molecular weight is 298 g/mol. The van der Waals surface area contributed by atoms with Gasteiger partial charge in [0.25, 0.3) is 0 Å². The van der Waals surface area contributed by atoms with Crippen LogP contribution in [-0.4, -0.2) is 21.0 Å². The Morgan fingerprint density at radius 1 is 1.20 bits per heavy atom. The number of nitrogens with one attached hydrogen (secondary N) is 2. The molecule has 0 fully saturated rings. The van der Waals surface area contributed by atoms with Gasteiger partial charge in [-0.05, 0) is 24.1 Å². The van der Waals surface area contributed by atoms with E-state index >= 15 is 0 Å². The van der Waals surface area contributed by atoms with Crippen LogP contribution in [0.4, 0.5) is 0 Å². The number of benzene rings is 1. The van der Waals surface area contributed by atoms with E-state index in [1.807, 2.05) is 6.07 Å². The van der Waals surface area contributed by atoms with Crippen LogP contribution >= 0.6 is 0 Å². The third-order valence-electron chi connectivity index (χ3n) is 3.00. The first-order valence-electron chi connectivity index (χ1n) is 7.27. The van der Waals surface area contributed by atoms with Gasteiger partial charge >= 0.3 is 0 Å². The molecule has 0 aliphatic heterocycles. The largest absolute Gasteiger partial charge is 0.310 e. The van der Waals surface area contributed by atoms with Crippen LogP contribution in [0.15, 0.2) is 29.2 Å². The van der Waals surface area contributed by atoms with Gasteiger partial charge in [0, 0.05) is 19.1 Å². The van der Waals surface area contributed by atoms with Crippen molar-refractivity contribution in [2.45, 2.75) is 57.5 Å². The van der Waals surface area contributed by atoms with E-state index in [1.165, 1.54) is 0 Å². The summed E-state index contributed by atoms with van der Waals surface area (Å²) in [5.74, 6) is 0. The molecule has 0 aliphatic carbocycles. The SMILES string of the molecule is CCCCCNS(=O)(=O)c1cccc(CNC(C)C)c1. The molecule has 0 radical (unpaired) electrons. The molecule has 5 heteroatoms. The minimum atomic E-state index is -3.38. The van der Waals surface area contributed by atoms with E-state index < -0.39 is 10.0 Å². The lowest BCUT2D eigenvalue weighted by Crippen LogP contribution is -2.25. The van der Waals surface area contributed by atoms with Gasteiger partial charge in [-0.3, -0.25) is 0 Å².